The summed E-state index contributed by atoms with van der Waals surface area (Å²) in [6, 6.07) is 5.16. The number of benzene rings is 1. The minimum absolute atomic E-state index is 0. The van der Waals surface area contributed by atoms with Crippen molar-refractivity contribution in [2.75, 3.05) is 19.6 Å². The zero-order chi connectivity index (χ0) is 19.0. The van der Waals surface area contributed by atoms with Gasteiger partial charge in [0, 0.05) is 18.1 Å². The molecule has 0 fully saturated rings. The molecule has 0 saturated carbocycles. The molecule has 0 heterocycles. The molecule has 0 aliphatic heterocycles. The zero-order valence-corrected chi connectivity index (χ0v) is 16.9. The van der Waals surface area contributed by atoms with Gasteiger partial charge in [-0.15, -0.1) is 12.4 Å². The summed E-state index contributed by atoms with van der Waals surface area (Å²) in [5.74, 6) is -0.887. The van der Waals surface area contributed by atoms with Crippen LogP contribution in [0.4, 0.5) is 0 Å². The Morgan fingerprint density at radius 1 is 1.19 bits per heavy atom. The lowest BCUT2D eigenvalue weighted by Crippen LogP contribution is -2.47. The van der Waals surface area contributed by atoms with Crippen molar-refractivity contribution in [2.24, 2.45) is 11.7 Å². The van der Waals surface area contributed by atoms with Crippen LogP contribution in [-0.2, 0) is 19.6 Å². The van der Waals surface area contributed by atoms with E-state index in [0.717, 1.165) is 0 Å². The van der Waals surface area contributed by atoms with Gasteiger partial charge in [-0.05, 0) is 24.1 Å². The first-order valence-electron chi connectivity index (χ1n) is 7.68. The maximum atomic E-state index is 12.0. The fraction of sp³-hybridized carbons (Fsp3) is 0.467. The molecule has 0 aliphatic carbocycles. The highest BCUT2D eigenvalue weighted by molar-refractivity contribution is 7.89. The second-order valence-corrected chi connectivity index (χ2v) is 7.90. The Morgan fingerprint density at radius 3 is 2.42 bits per heavy atom. The number of amides is 2. The third kappa shape index (κ3) is 8.33. The van der Waals surface area contributed by atoms with Crippen molar-refractivity contribution in [1.82, 2.24) is 15.4 Å². The summed E-state index contributed by atoms with van der Waals surface area (Å²) in [5.41, 5.74) is 5.65. The first-order valence-corrected chi connectivity index (χ1v) is 9.55. The second kappa shape index (κ2) is 11.3. The normalized spacial score (nSPS) is 12.2. The fourth-order valence-corrected chi connectivity index (χ4v) is 3.09. The molecule has 0 bridgehead atoms. The lowest BCUT2D eigenvalue weighted by Gasteiger charge is -2.15. The number of halogens is 2. The number of nitrogens with one attached hydrogen (secondary N) is 3. The minimum atomic E-state index is -3.70. The van der Waals surface area contributed by atoms with E-state index in [2.05, 4.69) is 15.4 Å². The number of rotatable bonds is 9. The van der Waals surface area contributed by atoms with Gasteiger partial charge in [-0.2, -0.15) is 0 Å². The van der Waals surface area contributed by atoms with E-state index in [1.807, 2.05) is 0 Å². The SMILES string of the molecule is CC(C)[C@H](N)C(=O)NCC(=O)NCCNS(=O)(=O)c1cccc(Cl)c1.Cl. The Balaban J connectivity index is 0.00000625. The van der Waals surface area contributed by atoms with Crippen LogP contribution in [0.25, 0.3) is 0 Å². The van der Waals surface area contributed by atoms with Crippen molar-refractivity contribution in [3.63, 3.8) is 0 Å². The number of carbonyl (C=O) groups excluding carboxylic acids is 2. The maximum Gasteiger partial charge on any atom is 0.240 e. The van der Waals surface area contributed by atoms with Gasteiger partial charge in [0.1, 0.15) is 0 Å². The molecule has 2 amide bonds. The molecule has 0 saturated heterocycles. The Kier molecular flexibility index (Phi) is 10.7. The molecule has 0 unspecified atom stereocenters. The molecule has 8 nitrogen and oxygen atoms in total. The van der Waals surface area contributed by atoms with Crippen LogP contribution < -0.4 is 21.1 Å². The minimum Gasteiger partial charge on any atom is -0.353 e. The summed E-state index contributed by atoms with van der Waals surface area (Å²) in [6.45, 7) is 3.46. The van der Waals surface area contributed by atoms with Crippen LogP contribution in [0.5, 0.6) is 0 Å². The molecule has 0 aromatic heterocycles. The summed E-state index contributed by atoms with van der Waals surface area (Å²) < 4.78 is 26.4. The van der Waals surface area contributed by atoms with Crippen molar-refractivity contribution >= 4 is 45.8 Å². The van der Waals surface area contributed by atoms with E-state index in [1.165, 1.54) is 18.2 Å². The van der Waals surface area contributed by atoms with E-state index in [1.54, 1.807) is 19.9 Å². The first kappa shape index (κ1) is 24.6. The second-order valence-electron chi connectivity index (χ2n) is 5.69. The molecule has 0 radical (unpaired) electrons. The predicted octanol–water partition coefficient (Wildman–Crippen LogP) is 0.256. The first-order chi connectivity index (χ1) is 11.6. The van der Waals surface area contributed by atoms with Crippen molar-refractivity contribution in [3.8, 4) is 0 Å². The molecule has 1 atom stereocenters. The summed E-state index contributed by atoms with van der Waals surface area (Å²) in [7, 11) is -3.70. The van der Waals surface area contributed by atoms with Crippen LogP contribution in [0.3, 0.4) is 0 Å². The highest BCUT2D eigenvalue weighted by Crippen LogP contribution is 2.14. The lowest BCUT2D eigenvalue weighted by molar-refractivity contribution is -0.127. The molecule has 26 heavy (non-hydrogen) atoms. The van der Waals surface area contributed by atoms with Crippen molar-refractivity contribution in [1.29, 1.82) is 0 Å². The van der Waals surface area contributed by atoms with Crippen molar-refractivity contribution < 1.29 is 18.0 Å². The zero-order valence-electron chi connectivity index (χ0n) is 14.5. The molecule has 1 rings (SSSR count). The molecule has 11 heteroatoms. The molecule has 1 aromatic carbocycles. The maximum absolute atomic E-state index is 12.0. The van der Waals surface area contributed by atoms with Gasteiger partial charge >= 0.3 is 0 Å². The topological polar surface area (TPSA) is 130 Å². The van der Waals surface area contributed by atoms with Crippen molar-refractivity contribution in [2.45, 2.75) is 24.8 Å². The van der Waals surface area contributed by atoms with E-state index >= 15 is 0 Å². The standard InChI is InChI=1S/C15H23ClN4O4S.ClH/c1-10(2)14(17)15(22)19-9-13(21)18-6-7-20-25(23,24)12-5-3-4-11(16)8-12;/h3-5,8,10,14,20H,6-7,9,17H2,1-2H3,(H,18,21)(H,19,22);1H/t14-;/m0./s1. The summed E-state index contributed by atoms with van der Waals surface area (Å²) in [5, 5.41) is 5.23. The number of sulfonamides is 1. The van der Waals surface area contributed by atoms with E-state index in [-0.39, 0.29) is 42.9 Å². The number of carbonyl (C=O) groups is 2. The van der Waals surface area contributed by atoms with E-state index in [0.29, 0.717) is 5.02 Å². The largest absolute Gasteiger partial charge is 0.353 e. The monoisotopic (exact) mass is 426 g/mol. The number of nitrogens with two attached hydrogens (primary N) is 1. The van der Waals surface area contributed by atoms with Crippen LogP contribution >= 0.6 is 24.0 Å². The Morgan fingerprint density at radius 2 is 1.85 bits per heavy atom. The van der Waals surface area contributed by atoms with Gasteiger partial charge in [-0.3, -0.25) is 9.59 Å². The summed E-state index contributed by atoms with van der Waals surface area (Å²) in [4.78, 5) is 23.3. The molecular weight excluding hydrogens is 403 g/mol. The van der Waals surface area contributed by atoms with Gasteiger partial charge in [-0.25, -0.2) is 13.1 Å². The average molecular weight is 427 g/mol. The summed E-state index contributed by atoms with van der Waals surface area (Å²) >= 11 is 5.76. The van der Waals surface area contributed by atoms with Crippen LogP contribution in [0, 0.1) is 5.92 Å². The molecular formula is C15H24Cl2N4O4S. The van der Waals surface area contributed by atoms with Crippen LogP contribution in [0.1, 0.15) is 13.8 Å². The molecule has 1 aromatic rings. The highest BCUT2D eigenvalue weighted by atomic mass is 35.5. The van der Waals surface area contributed by atoms with Crippen LogP contribution in [0.15, 0.2) is 29.2 Å². The van der Waals surface area contributed by atoms with Gasteiger partial charge in [0.2, 0.25) is 21.8 Å². The van der Waals surface area contributed by atoms with E-state index in [9.17, 15) is 18.0 Å². The van der Waals surface area contributed by atoms with Gasteiger partial charge < -0.3 is 16.4 Å². The van der Waals surface area contributed by atoms with Gasteiger partial charge in [0.15, 0.2) is 0 Å². The van der Waals surface area contributed by atoms with E-state index < -0.39 is 27.9 Å². The lowest BCUT2D eigenvalue weighted by atomic mass is 10.1. The van der Waals surface area contributed by atoms with Gasteiger partial charge in [0.25, 0.3) is 0 Å². The summed E-state index contributed by atoms with van der Waals surface area (Å²) in [6.07, 6.45) is 0. The quantitative estimate of drug-likeness (QED) is 0.420. The Labute approximate surface area is 164 Å². The van der Waals surface area contributed by atoms with Gasteiger partial charge in [0.05, 0.1) is 17.5 Å². The molecule has 5 N–H and O–H groups in total. The average Bonchev–Trinajstić information content (AvgIpc) is 2.55. The fourth-order valence-electron chi connectivity index (χ4n) is 1.76. The Hall–Kier alpha value is -1.39. The molecule has 0 aliphatic rings. The third-order valence-corrected chi connectivity index (χ3v) is 4.98. The van der Waals surface area contributed by atoms with Crippen LogP contribution in [-0.4, -0.2) is 45.9 Å². The number of hydrogen-bond acceptors (Lipinski definition) is 5. The third-order valence-electron chi connectivity index (χ3n) is 3.29. The van der Waals surface area contributed by atoms with Crippen molar-refractivity contribution in [3.05, 3.63) is 29.3 Å². The molecule has 0 spiro atoms. The van der Waals surface area contributed by atoms with Crippen LogP contribution in [0.2, 0.25) is 5.02 Å². The molecule has 148 valence electrons. The predicted molar refractivity (Wildman–Crippen MR) is 103 cm³/mol. The van der Waals surface area contributed by atoms with E-state index in [4.69, 9.17) is 17.3 Å². The number of hydrogen-bond donors (Lipinski definition) is 4. The highest BCUT2D eigenvalue weighted by Gasteiger charge is 2.17. The Bertz CT molecular complexity index is 713. The van der Waals surface area contributed by atoms with Gasteiger partial charge in [-0.1, -0.05) is 31.5 Å². The smallest absolute Gasteiger partial charge is 0.240 e.